The molecule has 0 saturated heterocycles. The summed E-state index contributed by atoms with van der Waals surface area (Å²) < 4.78 is 37.9. The van der Waals surface area contributed by atoms with E-state index >= 15 is 0 Å². The number of aromatic nitrogens is 1. The quantitative estimate of drug-likeness (QED) is 0.369. The average molecular weight is 435 g/mol. The summed E-state index contributed by atoms with van der Waals surface area (Å²) in [5.74, 6) is -0.261. The van der Waals surface area contributed by atoms with Crippen LogP contribution in [0.3, 0.4) is 0 Å². The molecule has 0 aliphatic carbocycles. The zero-order valence-corrected chi connectivity index (χ0v) is 17.8. The van der Waals surface area contributed by atoms with Gasteiger partial charge in [-0.15, -0.1) is 11.8 Å². The van der Waals surface area contributed by atoms with Crippen molar-refractivity contribution in [1.29, 1.82) is 0 Å². The molecule has 0 radical (unpaired) electrons. The molecule has 29 heavy (non-hydrogen) atoms. The molecule has 0 fully saturated rings. The molecule has 0 unspecified atom stereocenters. The number of ether oxygens (including phenoxy) is 1. The fraction of sp³-hybridized carbons (Fsp3) is 0.190. The maximum Gasteiger partial charge on any atom is 0.263 e. The van der Waals surface area contributed by atoms with Crippen LogP contribution in [0.1, 0.15) is 6.92 Å². The second-order valence-electron chi connectivity index (χ2n) is 6.14. The van der Waals surface area contributed by atoms with Crippen LogP contribution >= 0.6 is 23.7 Å². The van der Waals surface area contributed by atoms with Gasteiger partial charge in [0.15, 0.2) is 11.6 Å². The highest BCUT2D eigenvalue weighted by molar-refractivity contribution is 8.00. The highest BCUT2D eigenvalue weighted by atomic mass is 32.2. The predicted octanol–water partition coefficient (Wildman–Crippen LogP) is 5.92. The first kappa shape index (κ1) is 21.3. The standard InChI is InChI=1S/C21H20F2N2O2S2/c1-4-29-24-15-6-8-18(27-19-7-5-14(22)10-17(19)23)16(11-15)13-9-20(28-3)21(26)25(2)12-13/h5-12,24H,4H2,1-3H3. The fourth-order valence-electron chi connectivity index (χ4n) is 2.71. The van der Waals surface area contributed by atoms with Crippen molar-refractivity contribution in [2.24, 2.45) is 7.05 Å². The SMILES string of the molecule is CCSNc1ccc(Oc2ccc(F)cc2F)c(-c2cc(SC)c(=O)n(C)c2)c1. The Bertz CT molecular complexity index is 1090. The second-order valence-corrected chi connectivity index (χ2v) is 8.05. The summed E-state index contributed by atoms with van der Waals surface area (Å²) in [6.07, 6.45) is 3.55. The van der Waals surface area contributed by atoms with Gasteiger partial charge in [0.05, 0.1) is 4.90 Å². The highest BCUT2D eigenvalue weighted by Crippen LogP contribution is 2.37. The molecule has 0 bridgehead atoms. The summed E-state index contributed by atoms with van der Waals surface area (Å²) in [5.41, 5.74) is 2.18. The molecule has 8 heteroatoms. The van der Waals surface area contributed by atoms with Crippen molar-refractivity contribution < 1.29 is 13.5 Å². The minimum Gasteiger partial charge on any atom is -0.454 e. The number of hydrogen-bond acceptors (Lipinski definition) is 5. The Labute approximate surface area is 176 Å². The van der Waals surface area contributed by atoms with Crippen LogP contribution in [-0.2, 0) is 7.05 Å². The molecular formula is C21H20F2N2O2S2. The van der Waals surface area contributed by atoms with E-state index in [1.807, 2.05) is 25.3 Å². The van der Waals surface area contributed by atoms with E-state index in [-0.39, 0.29) is 11.3 Å². The number of pyridine rings is 1. The van der Waals surface area contributed by atoms with Gasteiger partial charge >= 0.3 is 0 Å². The third kappa shape index (κ3) is 4.94. The number of anilines is 1. The Morgan fingerprint density at radius 2 is 1.86 bits per heavy atom. The maximum atomic E-state index is 14.1. The van der Waals surface area contributed by atoms with Crippen molar-refractivity contribution in [3.8, 4) is 22.6 Å². The predicted molar refractivity (Wildman–Crippen MR) is 117 cm³/mol. The second kappa shape index (κ2) is 9.37. The van der Waals surface area contributed by atoms with Gasteiger partial charge in [-0.3, -0.25) is 4.79 Å². The summed E-state index contributed by atoms with van der Waals surface area (Å²) in [7, 11) is 1.68. The van der Waals surface area contributed by atoms with Crippen molar-refractivity contribution in [2.75, 3.05) is 16.7 Å². The number of thioether (sulfide) groups is 1. The van der Waals surface area contributed by atoms with Gasteiger partial charge in [-0.2, -0.15) is 0 Å². The van der Waals surface area contributed by atoms with Crippen LogP contribution < -0.4 is 15.0 Å². The molecule has 1 heterocycles. The van der Waals surface area contributed by atoms with E-state index in [4.69, 9.17) is 4.74 Å². The van der Waals surface area contributed by atoms with Crippen molar-refractivity contribution in [1.82, 2.24) is 4.57 Å². The largest absolute Gasteiger partial charge is 0.454 e. The molecule has 0 amide bonds. The molecule has 3 aromatic rings. The molecular weight excluding hydrogens is 414 g/mol. The van der Waals surface area contributed by atoms with Gasteiger partial charge in [0, 0.05) is 41.9 Å². The Morgan fingerprint density at radius 3 is 2.55 bits per heavy atom. The number of rotatable bonds is 7. The van der Waals surface area contributed by atoms with Gasteiger partial charge in [-0.1, -0.05) is 18.9 Å². The summed E-state index contributed by atoms with van der Waals surface area (Å²) in [5, 5.41) is 0. The van der Waals surface area contributed by atoms with Gasteiger partial charge < -0.3 is 14.0 Å². The molecule has 0 spiro atoms. The molecule has 4 nitrogen and oxygen atoms in total. The van der Waals surface area contributed by atoms with Crippen LogP contribution in [0.2, 0.25) is 0 Å². The molecule has 0 saturated carbocycles. The maximum absolute atomic E-state index is 14.1. The molecule has 2 aromatic carbocycles. The lowest BCUT2D eigenvalue weighted by Gasteiger charge is -2.15. The van der Waals surface area contributed by atoms with Crippen LogP contribution in [0.25, 0.3) is 11.1 Å². The molecule has 1 N–H and O–H groups in total. The molecule has 152 valence electrons. The Balaban J connectivity index is 2.11. The van der Waals surface area contributed by atoms with E-state index in [0.29, 0.717) is 16.2 Å². The normalized spacial score (nSPS) is 10.8. The number of aryl methyl sites for hydroxylation is 1. The Hall–Kier alpha value is -2.45. The van der Waals surface area contributed by atoms with Crippen LogP contribution in [0.15, 0.2) is 58.4 Å². The van der Waals surface area contributed by atoms with Gasteiger partial charge in [0.2, 0.25) is 0 Å². The summed E-state index contributed by atoms with van der Waals surface area (Å²) >= 11 is 2.90. The number of benzene rings is 2. The smallest absolute Gasteiger partial charge is 0.263 e. The zero-order chi connectivity index (χ0) is 21.0. The first-order valence-electron chi connectivity index (χ1n) is 8.82. The van der Waals surface area contributed by atoms with Crippen molar-refractivity contribution >= 4 is 29.4 Å². The summed E-state index contributed by atoms with van der Waals surface area (Å²) in [4.78, 5) is 12.8. The first-order valence-corrected chi connectivity index (χ1v) is 11.0. The third-order valence-corrected chi connectivity index (χ3v) is 5.51. The highest BCUT2D eigenvalue weighted by Gasteiger charge is 2.14. The van der Waals surface area contributed by atoms with E-state index < -0.39 is 11.6 Å². The van der Waals surface area contributed by atoms with Gasteiger partial charge in [0.1, 0.15) is 11.6 Å². The van der Waals surface area contributed by atoms with Gasteiger partial charge in [0.25, 0.3) is 5.56 Å². The number of nitrogens with zero attached hydrogens (tertiary/aromatic N) is 1. The van der Waals surface area contributed by atoms with Crippen LogP contribution in [0, 0.1) is 11.6 Å². The molecule has 1 aromatic heterocycles. The lowest BCUT2D eigenvalue weighted by molar-refractivity contribution is 0.439. The van der Waals surface area contributed by atoms with Crippen molar-refractivity contribution in [3.05, 3.63) is 70.6 Å². The Kier molecular flexibility index (Phi) is 6.87. The van der Waals surface area contributed by atoms with Crippen LogP contribution in [0.5, 0.6) is 11.5 Å². The van der Waals surface area contributed by atoms with E-state index in [9.17, 15) is 13.6 Å². The molecule has 0 aliphatic rings. The van der Waals surface area contributed by atoms with Crippen molar-refractivity contribution in [2.45, 2.75) is 11.8 Å². The lowest BCUT2D eigenvalue weighted by Crippen LogP contribution is -2.17. The monoisotopic (exact) mass is 434 g/mol. The van der Waals surface area contributed by atoms with Crippen LogP contribution in [-0.4, -0.2) is 16.6 Å². The summed E-state index contributed by atoms with van der Waals surface area (Å²) in [6, 6.07) is 10.4. The van der Waals surface area contributed by atoms with E-state index in [0.717, 1.165) is 29.1 Å². The topological polar surface area (TPSA) is 43.3 Å². The third-order valence-electron chi connectivity index (χ3n) is 4.11. The fourth-order valence-corrected chi connectivity index (χ4v) is 3.72. The number of hydrogen-bond donors (Lipinski definition) is 1. The van der Waals surface area contributed by atoms with Crippen LogP contribution in [0.4, 0.5) is 14.5 Å². The van der Waals surface area contributed by atoms with Crippen molar-refractivity contribution in [3.63, 3.8) is 0 Å². The van der Waals surface area contributed by atoms with Gasteiger partial charge in [-0.05, 0) is 42.7 Å². The Morgan fingerprint density at radius 1 is 1.10 bits per heavy atom. The number of halogens is 2. The van der Waals surface area contributed by atoms with E-state index in [1.54, 1.807) is 37.3 Å². The number of nitrogens with one attached hydrogen (secondary N) is 1. The van der Waals surface area contributed by atoms with E-state index in [2.05, 4.69) is 4.72 Å². The minimum absolute atomic E-state index is 0.0776. The molecule has 0 aliphatic heterocycles. The zero-order valence-electron chi connectivity index (χ0n) is 16.2. The molecule has 3 rings (SSSR count). The average Bonchev–Trinajstić information content (AvgIpc) is 2.71. The minimum atomic E-state index is -0.787. The van der Waals surface area contributed by atoms with Gasteiger partial charge in [-0.25, -0.2) is 8.78 Å². The lowest BCUT2D eigenvalue weighted by atomic mass is 10.1. The summed E-state index contributed by atoms with van der Waals surface area (Å²) in [6.45, 7) is 2.03. The first-order chi connectivity index (χ1) is 13.9. The van der Waals surface area contributed by atoms with E-state index in [1.165, 1.54) is 22.4 Å². The molecule has 0 atom stereocenters.